The van der Waals surface area contributed by atoms with E-state index in [0.717, 1.165) is 5.56 Å². The predicted molar refractivity (Wildman–Crippen MR) is 73.9 cm³/mol. The van der Waals surface area contributed by atoms with Gasteiger partial charge in [0.05, 0.1) is 0 Å². The number of hydrogen-bond donors (Lipinski definition) is 1. The first-order valence-electron chi connectivity index (χ1n) is 5.24. The fourth-order valence-electron chi connectivity index (χ4n) is 1.76. The second-order valence-corrected chi connectivity index (χ2v) is 4.78. The van der Waals surface area contributed by atoms with Crippen LogP contribution in [0.15, 0.2) is 40.8 Å². The summed E-state index contributed by atoms with van der Waals surface area (Å²) in [6.45, 7) is 0. The normalized spacial score (nSPS) is 11.0. The van der Waals surface area contributed by atoms with E-state index in [-0.39, 0.29) is 0 Å². The monoisotopic (exact) mass is 278 g/mol. The molecule has 18 heavy (non-hydrogen) atoms. The zero-order valence-corrected chi connectivity index (χ0v) is 10.7. The lowest BCUT2D eigenvalue weighted by molar-refractivity contribution is 0.620. The molecule has 2 aromatic carbocycles. The summed E-state index contributed by atoms with van der Waals surface area (Å²) < 4.78 is 5.64. The van der Waals surface area contributed by atoms with E-state index in [0.29, 0.717) is 32.7 Å². The van der Waals surface area contributed by atoms with Gasteiger partial charge in [0.1, 0.15) is 5.52 Å². The molecule has 0 bridgehead atoms. The summed E-state index contributed by atoms with van der Waals surface area (Å²) >= 11 is 11.9. The molecule has 0 amide bonds. The van der Waals surface area contributed by atoms with Crippen molar-refractivity contribution in [2.45, 2.75) is 0 Å². The zero-order chi connectivity index (χ0) is 12.7. The highest BCUT2D eigenvalue weighted by Crippen LogP contribution is 2.29. The average Bonchev–Trinajstić information content (AvgIpc) is 2.70. The Morgan fingerprint density at radius 2 is 1.83 bits per heavy atom. The van der Waals surface area contributed by atoms with Crippen LogP contribution in [0, 0.1) is 0 Å². The standard InChI is InChI=1S/C13H8Cl2N2O/c14-8-1-2-12-11(6-8)17-13(18-12)7-3-9(15)5-10(16)4-7/h1-6H,16H2. The summed E-state index contributed by atoms with van der Waals surface area (Å²) in [4.78, 5) is 4.36. The van der Waals surface area contributed by atoms with Crippen LogP contribution in [0.4, 0.5) is 5.69 Å². The highest BCUT2D eigenvalue weighted by atomic mass is 35.5. The first-order valence-corrected chi connectivity index (χ1v) is 6.00. The molecule has 0 spiro atoms. The molecule has 0 saturated carbocycles. The Bertz CT molecular complexity index is 717. The van der Waals surface area contributed by atoms with Crippen LogP contribution in [0.1, 0.15) is 0 Å². The number of halogens is 2. The van der Waals surface area contributed by atoms with Gasteiger partial charge >= 0.3 is 0 Å². The van der Waals surface area contributed by atoms with Crippen molar-refractivity contribution in [3.05, 3.63) is 46.4 Å². The van der Waals surface area contributed by atoms with Crippen LogP contribution >= 0.6 is 23.2 Å². The molecule has 1 heterocycles. The van der Waals surface area contributed by atoms with Crippen molar-refractivity contribution in [2.75, 3.05) is 5.73 Å². The predicted octanol–water partition coefficient (Wildman–Crippen LogP) is 4.38. The Labute approximate surface area is 113 Å². The third-order valence-electron chi connectivity index (χ3n) is 2.52. The number of nitrogens with two attached hydrogens (primary N) is 1. The first kappa shape index (κ1) is 11.4. The van der Waals surface area contributed by atoms with Gasteiger partial charge in [-0.1, -0.05) is 23.2 Å². The topological polar surface area (TPSA) is 52.0 Å². The van der Waals surface area contributed by atoms with Gasteiger partial charge in [0.25, 0.3) is 0 Å². The van der Waals surface area contributed by atoms with Crippen molar-refractivity contribution < 1.29 is 4.42 Å². The maximum atomic E-state index is 5.95. The summed E-state index contributed by atoms with van der Waals surface area (Å²) in [6, 6.07) is 10.5. The summed E-state index contributed by atoms with van der Waals surface area (Å²) in [6.07, 6.45) is 0. The van der Waals surface area contributed by atoms with Crippen LogP contribution in [-0.2, 0) is 0 Å². The lowest BCUT2D eigenvalue weighted by Gasteiger charge is -1.98. The average molecular weight is 279 g/mol. The smallest absolute Gasteiger partial charge is 0.227 e. The van der Waals surface area contributed by atoms with E-state index in [9.17, 15) is 0 Å². The molecule has 3 rings (SSSR count). The summed E-state index contributed by atoms with van der Waals surface area (Å²) in [5.74, 6) is 0.474. The van der Waals surface area contributed by atoms with Crippen LogP contribution in [0.2, 0.25) is 10.0 Å². The van der Waals surface area contributed by atoms with Crippen LogP contribution < -0.4 is 5.73 Å². The Balaban J connectivity index is 2.19. The summed E-state index contributed by atoms with van der Waals surface area (Å²) in [5.41, 5.74) is 8.43. The largest absolute Gasteiger partial charge is 0.436 e. The van der Waals surface area contributed by atoms with Gasteiger partial charge in [-0.3, -0.25) is 0 Å². The van der Waals surface area contributed by atoms with Crippen LogP contribution in [0.3, 0.4) is 0 Å². The molecule has 0 radical (unpaired) electrons. The number of nitrogens with zero attached hydrogens (tertiary/aromatic N) is 1. The Kier molecular flexibility index (Phi) is 2.65. The van der Waals surface area contributed by atoms with E-state index in [1.165, 1.54) is 0 Å². The van der Waals surface area contributed by atoms with Crippen molar-refractivity contribution in [1.29, 1.82) is 0 Å². The van der Waals surface area contributed by atoms with Gasteiger partial charge in [-0.2, -0.15) is 0 Å². The number of nitrogen functional groups attached to an aromatic ring is 1. The molecule has 2 N–H and O–H groups in total. The molecule has 0 saturated heterocycles. The summed E-state index contributed by atoms with van der Waals surface area (Å²) in [5, 5.41) is 1.17. The third kappa shape index (κ3) is 2.03. The third-order valence-corrected chi connectivity index (χ3v) is 2.97. The molecular weight excluding hydrogens is 271 g/mol. The molecule has 0 aliphatic rings. The molecule has 5 heteroatoms. The number of fused-ring (bicyclic) bond motifs is 1. The zero-order valence-electron chi connectivity index (χ0n) is 9.15. The van der Waals surface area contributed by atoms with E-state index in [1.807, 2.05) is 0 Å². The van der Waals surface area contributed by atoms with E-state index >= 15 is 0 Å². The quantitative estimate of drug-likeness (QED) is 0.672. The highest BCUT2D eigenvalue weighted by Gasteiger charge is 2.09. The highest BCUT2D eigenvalue weighted by molar-refractivity contribution is 6.31. The van der Waals surface area contributed by atoms with E-state index < -0.39 is 0 Å². The van der Waals surface area contributed by atoms with Gasteiger partial charge < -0.3 is 10.2 Å². The van der Waals surface area contributed by atoms with Gasteiger partial charge in [-0.15, -0.1) is 0 Å². The van der Waals surface area contributed by atoms with Gasteiger partial charge in [0, 0.05) is 21.3 Å². The van der Waals surface area contributed by atoms with Crippen molar-refractivity contribution in [2.24, 2.45) is 0 Å². The molecule has 90 valence electrons. The van der Waals surface area contributed by atoms with Crippen LogP contribution in [-0.4, -0.2) is 4.98 Å². The van der Waals surface area contributed by atoms with E-state index in [1.54, 1.807) is 36.4 Å². The maximum Gasteiger partial charge on any atom is 0.227 e. The molecule has 0 aliphatic heterocycles. The first-order chi connectivity index (χ1) is 8.61. The van der Waals surface area contributed by atoms with Crippen molar-refractivity contribution >= 4 is 40.0 Å². The number of hydrogen-bond acceptors (Lipinski definition) is 3. The van der Waals surface area contributed by atoms with Crippen molar-refractivity contribution in [3.63, 3.8) is 0 Å². The minimum atomic E-state index is 0.474. The minimum absolute atomic E-state index is 0.474. The number of benzene rings is 2. The van der Waals surface area contributed by atoms with Crippen molar-refractivity contribution in [3.8, 4) is 11.5 Å². The fraction of sp³-hybridized carbons (Fsp3) is 0. The second-order valence-electron chi connectivity index (χ2n) is 3.90. The molecule has 3 aromatic rings. The Hall–Kier alpha value is -1.71. The molecule has 0 fully saturated rings. The van der Waals surface area contributed by atoms with E-state index in [2.05, 4.69) is 4.98 Å². The van der Waals surface area contributed by atoms with Crippen LogP contribution in [0.25, 0.3) is 22.6 Å². The number of oxazole rings is 1. The number of aromatic nitrogens is 1. The van der Waals surface area contributed by atoms with Crippen molar-refractivity contribution in [1.82, 2.24) is 4.98 Å². The lowest BCUT2D eigenvalue weighted by atomic mass is 10.2. The Morgan fingerprint density at radius 3 is 2.61 bits per heavy atom. The molecule has 0 unspecified atom stereocenters. The van der Waals surface area contributed by atoms with Gasteiger partial charge in [0.2, 0.25) is 5.89 Å². The minimum Gasteiger partial charge on any atom is -0.436 e. The SMILES string of the molecule is Nc1cc(Cl)cc(-c2nc3cc(Cl)ccc3o2)c1. The van der Waals surface area contributed by atoms with Crippen LogP contribution in [0.5, 0.6) is 0 Å². The molecule has 0 aliphatic carbocycles. The molecular formula is C13H8Cl2N2O. The number of rotatable bonds is 1. The molecule has 1 aromatic heterocycles. The van der Waals surface area contributed by atoms with Gasteiger partial charge in [-0.05, 0) is 36.4 Å². The second kappa shape index (κ2) is 4.19. The fourth-order valence-corrected chi connectivity index (χ4v) is 2.17. The maximum absolute atomic E-state index is 5.95. The molecule has 3 nitrogen and oxygen atoms in total. The molecule has 0 atom stereocenters. The summed E-state index contributed by atoms with van der Waals surface area (Å²) in [7, 11) is 0. The Morgan fingerprint density at radius 1 is 1.00 bits per heavy atom. The number of anilines is 1. The lowest BCUT2D eigenvalue weighted by Crippen LogP contribution is -1.86. The van der Waals surface area contributed by atoms with E-state index in [4.69, 9.17) is 33.4 Å². The van der Waals surface area contributed by atoms with Gasteiger partial charge in [0.15, 0.2) is 5.58 Å². The van der Waals surface area contributed by atoms with Gasteiger partial charge in [-0.25, -0.2) is 4.98 Å².